The molecule has 3 aliphatic rings. The van der Waals surface area contributed by atoms with Gasteiger partial charge in [-0.25, -0.2) is 9.59 Å². The molecule has 2 heterocycles. The summed E-state index contributed by atoms with van der Waals surface area (Å²) < 4.78 is 21.4. The van der Waals surface area contributed by atoms with Crippen molar-refractivity contribution in [3.8, 4) is 0 Å². The Bertz CT molecular complexity index is 1750. The molecule has 2 aromatic rings. The lowest BCUT2D eigenvalue weighted by Crippen LogP contribution is -2.46. The van der Waals surface area contributed by atoms with Crippen molar-refractivity contribution < 1.29 is 38.1 Å². The average Bonchev–Trinajstić information content (AvgIpc) is 3.75. The van der Waals surface area contributed by atoms with Crippen LogP contribution in [0.2, 0.25) is 20.1 Å². The predicted octanol–water partition coefficient (Wildman–Crippen LogP) is 10.0. The third-order valence-electron chi connectivity index (χ3n) is 9.39. The first-order valence-corrected chi connectivity index (χ1v) is 19.6. The van der Waals surface area contributed by atoms with Crippen molar-refractivity contribution in [1.29, 1.82) is 0 Å². The largest absolute Gasteiger partial charge is 0.466 e. The molecular weight excluding hydrogens is 778 g/mol. The lowest BCUT2D eigenvalue weighted by Gasteiger charge is -2.35. The van der Waals surface area contributed by atoms with Gasteiger partial charge >= 0.3 is 24.1 Å². The fourth-order valence-electron chi connectivity index (χ4n) is 7.05. The summed E-state index contributed by atoms with van der Waals surface area (Å²) in [5.41, 5.74) is 1.37. The summed E-state index contributed by atoms with van der Waals surface area (Å²) in [4.78, 5) is 52.9. The van der Waals surface area contributed by atoms with Gasteiger partial charge in [0.25, 0.3) is 0 Å². The standard InChI is InChI=1S/2C20H25Cl2NO4/c1-5-26-17(24)16-13-11-23(18(25)27-19(2,3)4)9-8-20(13,16)12-6-7-14(21)15(22)10-12;1-5-26-18(24)12-15-10-14(13-6-7-16(21)17(22)11-13)8-9-23(15)19(25)27-20(2,3)4/h6-7,10,13,16H,5,8-9,11H2,1-4H3;6-7,10-11,15H,5,8-9,12H2,1-4H3/t13-,16?,20+;/m0./s1. The molecule has 1 saturated carbocycles. The van der Waals surface area contributed by atoms with Crippen LogP contribution in [0.4, 0.5) is 9.59 Å². The number of benzene rings is 2. The van der Waals surface area contributed by atoms with Crippen molar-refractivity contribution in [3.63, 3.8) is 0 Å². The van der Waals surface area contributed by atoms with Crippen molar-refractivity contribution in [2.45, 2.75) is 97.3 Å². The van der Waals surface area contributed by atoms with E-state index in [2.05, 4.69) is 0 Å². The molecule has 0 N–H and O–H groups in total. The van der Waals surface area contributed by atoms with Gasteiger partial charge in [0.2, 0.25) is 0 Å². The van der Waals surface area contributed by atoms with Crippen LogP contribution in [0.15, 0.2) is 42.5 Å². The van der Waals surface area contributed by atoms with Crippen LogP contribution in [-0.4, -0.2) is 84.0 Å². The molecule has 2 unspecified atom stereocenters. The summed E-state index contributed by atoms with van der Waals surface area (Å²) in [6.45, 7) is 16.5. The maximum Gasteiger partial charge on any atom is 0.410 e. The number of piperidine rings is 1. The molecule has 0 radical (unpaired) electrons. The zero-order valence-electron chi connectivity index (χ0n) is 32.1. The van der Waals surface area contributed by atoms with Crippen molar-refractivity contribution >= 4 is 76.1 Å². The maximum absolute atomic E-state index is 12.6. The van der Waals surface area contributed by atoms with E-state index in [9.17, 15) is 19.2 Å². The van der Waals surface area contributed by atoms with Crippen LogP contribution < -0.4 is 0 Å². The topological polar surface area (TPSA) is 112 Å². The molecule has 1 saturated heterocycles. The molecule has 296 valence electrons. The molecule has 54 heavy (non-hydrogen) atoms. The van der Waals surface area contributed by atoms with Gasteiger partial charge in [-0.15, -0.1) is 0 Å². The number of halogens is 4. The molecule has 14 heteroatoms. The Hall–Kier alpha value is -3.18. The highest BCUT2D eigenvalue weighted by atomic mass is 35.5. The number of ether oxygens (including phenoxy) is 4. The van der Waals surface area contributed by atoms with Gasteiger partial charge in [0, 0.05) is 31.0 Å². The Kier molecular flexibility index (Phi) is 14.3. The van der Waals surface area contributed by atoms with E-state index in [1.807, 2.05) is 65.8 Å². The van der Waals surface area contributed by atoms with E-state index < -0.39 is 23.3 Å². The van der Waals surface area contributed by atoms with E-state index in [4.69, 9.17) is 65.4 Å². The van der Waals surface area contributed by atoms with Gasteiger partial charge in [0.15, 0.2) is 0 Å². The van der Waals surface area contributed by atoms with E-state index in [0.717, 1.165) is 16.7 Å². The van der Waals surface area contributed by atoms with Gasteiger partial charge in [-0.1, -0.05) is 64.6 Å². The molecule has 0 aromatic heterocycles. The summed E-state index contributed by atoms with van der Waals surface area (Å²) >= 11 is 24.4. The predicted molar refractivity (Wildman–Crippen MR) is 211 cm³/mol. The highest BCUT2D eigenvalue weighted by Crippen LogP contribution is 2.65. The van der Waals surface area contributed by atoms with Crippen LogP contribution in [0.25, 0.3) is 5.57 Å². The highest BCUT2D eigenvalue weighted by molar-refractivity contribution is 6.42. The van der Waals surface area contributed by atoms with Crippen molar-refractivity contribution in [3.05, 3.63) is 73.7 Å². The van der Waals surface area contributed by atoms with Crippen LogP contribution in [-0.2, 0) is 34.0 Å². The zero-order chi connectivity index (χ0) is 40.2. The first-order valence-electron chi connectivity index (χ1n) is 18.1. The summed E-state index contributed by atoms with van der Waals surface area (Å²) in [7, 11) is 0. The van der Waals surface area contributed by atoms with Crippen molar-refractivity contribution in [1.82, 2.24) is 9.80 Å². The van der Waals surface area contributed by atoms with E-state index in [1.54, 1.807) is 41.8 Å². The van der Waals surface area contributed by atoms with Crippen LogP contribution in [0.3, 0.4) is 0 Å². The zero-order valence-corrected chi connectivity index (χ0v) is 35.1. The minimum absolute atomic E-state index is 0.0185. The number of carbonyl (C=O) groups is 4. The normalized spacial score (nSPS) is 22.1. The molecule has 1 aliphatic carbocycles. The fourth-order valence-corrected chi connectivity index (χ4v) is 7.65. The van der Waals surface area contributed by atoms with Crippen LogP contribution in [0.5, 0.6) is 0 Å². The number of likely N-dealkylation sites (tertiary alicyclic amines) is 1. The third-order valence-corrected chi connectivity index (χ3v) is 10.9. The smallest absolute Gasteiger partial charge is 0.410 e. The summed E-state index contributed by atoms with van der Waals surface area (Å²) in [6, 6.07) is 10.5. The highest BCUT2D eigenvalue weighted by Gasteiger charge is 2.71. The Labute approximate surface area is 338 Å². The molecule has 4 atom stereocenters. The molecule has 2 fully saturated rings. The second-order valence-corrected chi connectivity index (χ2v) is 17.1. The molecule has 10 nitrogen and oxygen atoms in total. The van der Waals surface area contributed by atoms with Crippen LogP contribution >= 0.6 is 46.4 Å². The summed E-state index contributed by atoms with van der Waals surface area (Å²) in [6.07, 6.45) is 2.46. The van der Waals surface area contributed by atoms with Gasteiger partial charge < -0.3 is 28.7 Å². The number of hydrogen-bond donors (Lipinski definition) is 0. The lowest BCUT2D eigenvalue weighted by atomic mass is 9.86. The first-order chi connectivity index (χ1) is 25.2. The molecule has 2 aromatic carbocycles. The van der Waals surface area contributed by atoms with Gasteiger partial charge in [0.05, 0.1) is 51.7 Å². The molecule has 5 rings (SSSR count). The monoisotopic (exact) mass is 826 g/mol. The molecule has 2 aliphatic heterocycles. The number of esters is 2. The van der Waals surface area contributed by atoms with Gasteiger partial charge in [-0.3, -0.25) is 9.59 Å². The van der Waals surface area contributed by atoms with E-state index in [0.29, 0.717) is 65.8 Å². The van der Waals surface area contributed by atoms with E-state index in [-0.39, 0.29) is 41.7 Å². The number of fused-ring (bicyclic) bond motifs is 1. The minimum atomic E-state index is -0.612. The molecular formula is C40H50Cl4N2O8. The SMILES string of the molecule is CCOC(=O)C1[C@@H]2CN(C(=O)OC(C)(C)C)CC[C@]12c1ccc(Cl)c(Cl)c1.CCOC(=O)CC1C=C(c2ccc(Cl)c(Cl)c2)CCN1C(=O)OC(C)(C)C. The molecule has 0 spiro atoms. The minimum Gasteiger partial charge on any atom is -0.466 e. The maximum atomic E-state index is 12.6. The fraction of sp³-hybridized carbons (Fsp3) is 0.550. The molecule has 2 amide bonds. The van der Waals surface area contributed by atoms with E-state index >= 15 is 0 Å². The van der Waals surface area contributed by atoms with Gasteiger partial charge in [-0.2, -0.15) is 0 Å². The first kappa shape index (κ1) is 43.5. The quantitative estimate of drug-likeness (QED) is 0.200. The van der Waals surface area contributed by atoms with Crippen LogP contribution in [0, 0.1) is 11.8 Å². The number of carbonyl (C=O) groups excluding carboxylic acids is 4. The summed E-state index contributed by atoms with van der Waals surface area (Å²) in [5, 5.41) is 1.89. The average molecular weight is 829 g/mol. The number of nitrogens with zero attached hydrogens (tertiary/aromatic N) is 2. The second kappa shape index (κ2) is 17.7. The Morgan fingerprint density at radius 1 is 0.778 bits per heavy atom. The number of amides is 2. The summed E-state index contributed by atoms with van der Waals surface area (Å²) in [5.74, 6) is -0.889. The Morgan fingerprint density at radius 3 is 1.94 bits per heavy atom. The lowest BCUT2D eigenvalue weighted by molar-refractivity contribution is -0.146. The Morgan fingerprint density at radius 2 is 1.37 bits per heavy atom. The van der Waals surface area contributed by atoms with Gasteiger partial charge in [-0.05, 0) is 109 Å². The van der Waals surface area contributed by atoms with Crippen molar-refractivity contribution in [2.24, 2.45) is 11.8 Å². The molecule has 0 bridgehead atoms. The number of rotatable bonds is 7. The van der Waals surface area contributed by atoms with Crippen LogP contribution in [0.1, 0.15) is 85.8 Å². The second-order valence-electron chi connectivity index (χ2n) is 15.5. The van der Waals surface area contributed by atoms with E-state index in [1.165, 1.54) is 0 Å². The van der Waals surface area contributed by atoms with Crippen molar-refractivity contribution in [2.75, 3.05) is 32.8 Å². The van der Waals surface area contributed by atoms with Gasteiger partial charge in [0.1, 0.15) is 11.2 Å². The third kappa shape index (κ3) is 10.8. The number of hydrogen-bond acceptors (Lipinski definition) is 8. The Balaban J connectivity index is 0.000000241.